The van der Waals surface area contributed by atoms with E-state index in [-0.39, 0.29) is 5.91 Å². The minimum absolute atomic E-state index is 0.00467. The molecule has 0 aliphatic carbocycles. The highest BCUT2D eigenvalue weighted by Crippen LogP contribution is 2.31. The third-order valence-electron chi connectivity index (χ3n) is 6.25. The van der Waals surface area contributed by atoms with Crippen molar-refractivity contribution in [1.82, 2.24) is 9.88 Å². The zero-order valence-corrected chi connectivity index (χ0v) is 21.8. The van der Waals surface area contributed by atoms with Gasteiger partial charge in [-0.25, -0.2) is 0 Å². The Kier molecular flexibility index (Phi) is 9.91. The van der Waals surface area contributed by atoms with Crippen LogP contribution in [-0.2, 0) is 24.1 Å². The molecule has 1 aromatic heterocycles. The van der Waals surface area contributed by atoms with Crippen LogP contribution in [0.2, 0.25) is 0 Å². The molecule has 0 atom stereocenters. The fourth-order valence-corrected chi connectivity index (χ4v) is 4.37. The largest absolute Gasteiger partial charge is 0.493 e. The summed E-state index contributed by atoms with van der Waals surface area (Å²) in [6, 6.07) is 14.0. The summed E-state index contributed by atoms with van der Waals surface area (Å²) in [5, 5.41) is 4.27. The average molecular weight is 478 g/mol. The number of hydrogen-bond acceptors (Lipinski definition) is 5. The topological polar surface area (TPSA) is 63.7 Å². The fourth-order valence-electron chi connectivity index (χ4n) is 4.37. The van der Waals surface area contributed by atoms with Crippen LogP contribution in [0.25, 0.3) is 10.9 Å². The molecule has 1 heterocycles. The second-order valence-electron chi connectivity index (χ2n) is 9.01. The number of methoxy groups -OCH3 is 2. The number of hydrogen-bond donors (Lipinski definition) is 1. The van der Waals surface area contributed by atoms with Crippen LogP contribution in [0.15, 0.2) is 42.5 Å². The Morgan fingerprint density at radius 1 is 0.971 bits per heavy atom. The molecule has 0 aliphatic rings. The highest BCUT2D eigenvalue weighted by molar-refractivity contribution is 6.03. The highest BCUT2D eigenvalue weighted by atomic mass is 16.5. The first-order valence-electron chi connectivity index (χ1n) is 12.6. The summed E-state index contributed by atoms with van der Waals surface area (Å²) in [4.78, 5) is 20.2. The predicted octanol–water partition coefficient (Wildman–Crippen LogP) is 5.66. The Hall–Kier alpha value is -3.12. The molecule has 0 radical (unpaired) electrons. The van der Waals surface area contributed by atoms with Gasteiger partial charge < -0.3 is 14.8 Å². The normalized spacial score (nSPS) is 11.1. The Morgan fingerprint density at radius 3 is 2.46 bits per heavy atom. The van der Waals surface area contributed by atoms with E-state index < -0.39 is 0 Å². The maximum atomic E-state index is 13.1. The number of carbonyl (C=O) groups is 1. The number of likely N-dealkylation sites (N-methyl/N-ethyl adjacent to an activating group) is 1. The van der Waals surface area contributed by atoms with Crippen molar-refractivity contribution in [2.45, 2.75) is 52.4 Å². The molecule has 2 aromatic carbocycles. The highest BCUT2D eigenvalue weighted by Gasteiger charge is 2.17. The molecule has 0 saturated heterocycles. The molecular formula is C29H39N3O3. The van der Waals surface area contributed by atoms with E-state index in [2.05, 4.69) is 25.2 Å². The van der Waals surface area contributed by atoms with Crippen LogP contribution in [0.5, 0.6) is 11.5 Å². The number of rotatable bonds is 13. The lowest BCUT2D eigenvalue weighted by atomic mass is 9.98. The van der Waals surface area contributed by atoms with Crippen molar-refractivity contribution < 1.29 is 14.3 Å². The lowest BCUT2D eigenvalue weighted by Crippen LogP contribution is -2.32. The quantitative estimate of drug-likeness (QED) is 0.344. The molecule has 0 fully saturated rings. The van der Waals surface area contributed by atoms with Crippen molar-refractivity contribution in [3.05, 3.63) is 59.3 Å². The van der Waals surface area contributed by atoms with Crippen molar-refractivity contribution in [2.75, 3.05) is 39.7 Å². The molecule has 0 spiro atoms. The summed E-state index contributed by atoms with van der Waals surface area (Å²) in [5.74, 6) is 1.43. The molecule has 6 nitrogen and oxygen atoms in total. The van der Waals surface area contributed by atoms with Gasteiger partial charge in [-0.2, -0.15) is 0 Å². The van der Waals surface area contributed by atoms with Gasteiger partial charge >= 0.3 is 0 Å². The van der Waals surface area contributed by atoms with Crippen LogP contribution in [0.3, 0.4) is 0 Å². The molecule has 35 heavy (non-hydrogen) atoms. The van der Waals surface area contributed by atoms with Crippen molar-refractivity contribution in [2.24, 2.45) is 0 Å². The van der Waals surface area contributed by atoms with Gasteiger partial charge in [0.2, 0.25) is 5.91 Å². The number of pyridine rings is 1. The van der Waals surface area contributed by atoms with Crippen molar-refractivity contribution in [1.29, 1.82) is 0 Å². The van der Waals surface area contributed by atoms with Gasteiger partial charge in [-0.3, -0.25) is 14.7 Å². The maximum absolute atomic E-state index is 13.1. The minimum Gasteiger partial charge on any atom is -0.493 e. The summed E-state index contributed by atoms with van der Waals surface area (Å²) in [6.07, 6.45) is 5.87. The second-order valence-corrected chi connectivity index (χ2v) is 9.01. The number of aromatic nitrogens is 1. The van der Waals surface area contributed by atoms with Gasteiger partial charge in [-0.05, 0) is 62.1 Å². The summed E-state index contributed by atoms with van der Waals surface area (Å²) in [6.45, 7) is 5.44. The third kappa shape index (κ3) is 6.95. The number of unbranched alkanes of at least 4 members (excludes halogenated alkanes) is 1. The summed E-state index contributed by atoms with van der Waals surface area (Å²) < 4.78 is 10.7. The van der Waals surface area contributed by atoms with Crippen LogP contribution in [-0.4, -0.2) is 50.1 Å². The van der Waals surface area contributed by atoms with Crippen LogP contribution < -0.4 is 14.8 Å². The Bertz CT molecular complexity index is 1130. The molecular weight excluding hydrogens is 438 g/mol. The number of carbonyl (C=O) groups excluding carboxylic acids is 1. The van der Waals surface area contributed by atoms with Crippen LogP contribution in [0.4, 0.5) is 5.69 Å². The molecule has 6 heteroatoms. The first-order valence-corrected chi connectivity index (χ1v) is 12.6. The number of ether oxygens (including phenoxy) is 2. The van der Waals surface area contributed by atoms with Gasteiger partial charge in [0, 0.05) is 17.6 Å². The zero-order chi connectivity index (χ0) is 25.2. The number of benzene rings is 2. The van der Waals surface area contributed by atoms with E-state index in [9.17, 15) is 4.79 Å². The van der Waals surface area contributed by atoms with E-state index in [4.69, 9.17) is 14.5 Å². The average Bonchev–Trinajstić information content (AvgIpc) is 2.87. The van der Waals surface area contributed by atoms with Crippen LogP contribution >= 0.6 is 0 Å². The molecule has 0 saturated carbocycles. The summed E-state index contributed by atoms with van der Waals surface area (Å²) in [5.41, 5.74) is 5.31. The fraction of sp³-hybridized carbons (Fsp3) is 0.448. The number of anilines is 1. The molecule has 1 amide bonds. The first kappa shape index (κ1) is 26.5. The summed E-state index contributed by atoms with van der Waals surface area (Å²) in [7, 11) is 5.25. The Labute approximate surface area is 209 Å². The lowest BCUT2D eigenvalue weighted by Gasteiger charge is -2.20. The molecule has 3 rings (SSSR count). The van der Waals surface area contributed by atoms with Crippen LogP contribution in [0, 0.1) is 0 Å². The standard InChI is InChI=1S/C29H39N3O3/c1-6-8-13-24-22(11-7-2)29(23-12-9-10-14-25(23)30-24)31-28(33)20-32(3)18-17-21-15-16-26(34-4)27(19-21)35-5/h9-10,12,14-16,19H,6-8,11,13,17-18,20H2,1-5H3,(H,30,31,33). The number of fused-ring (bicyclic) bond motifs is 1. The van der Waals surface area contributed by atoms with Crippen molar-refractivity contribution in [3.63, 3.8) is 0 Å². The molecule has 1 N–H and O–H groups in total. The smallest absolute Gasteiger partial charge is 0.238 e. The molecule has 0 aliphatic heterocycles. The zero-order valence-electron chi connectivity index (χ0n) is 21.8. The van der Waals surface area contributed by atoms with Crippen molar-refractivity contribution in [3.8, 4) is 11.5 Å². The predicted molar refractivity (Wildman–Crippen MR) is 144 cm³/mol. The second kappa shape index (κ2) is 13.1. The van der Waals surface area contributed by atoms with E-state index in [1.165, 1.54) is 5.56 Å². The van der Waals surface area contributed by atoms with E-state index in [1.807, 2.05) is 48.3 Å². The van der Waals surface area contributed by atoms with Crippen LogP contribution in [0.1, 0.15) is 49.9 Å². The number of amides is 1. The number of nitrogens with zero attached hydrogens (tertiary/aromatic N) is 2. The SMILES string of the molecule is CCCCc1nc2ccccc2c(NC(=O)CN(C)CCc2ccc(OC)c(OC)c2)c1CCC. The molecule has 188 valence electrons. The number of aryl methyl sites for hydroxylation is 1. The van der Waals surface area contributed by atoms with Crippen molar-refractivity contribution >= 4 is 22.5 Å². The first-order chi connectivity index (χ1) is 17.0. The van der Waals surface area contributed by atoms with Gasteiger partial charge in [0.1, 0.15) is 0 Å². The number of nitrogens with one attached hydrogen (secondary N) is 1. The summed E-state index contributed by atoms with van der Waals surface area (Å²) >= 11 is 0. The van der Waals surface area contributed by atoms with E-state index in [0.717, 1.165) is 84.4 Å². The lowest BCUT2D eigenvalue weighted by molar-refractivity contribution is -0.117. The van der Waals surface area contributed by atoms with E-state index in [1.54, 1.807) is 14.2 Å². The van der Waals surface area contributed by atoms with Gasteiger partial charge in [-0.15, -0.1) is 0 Å². The van der Waals surface area contributed by atoms with Gasteiger partial charge in [-0.1, -0.05) is 51.0 Å². The molecule has 0 bridgehead atoms. The van der Waals surface area contributed by atoms with E-state index in [0.29, 0.717) is 6.54 Å². The number of para-hydroxylation sites is 1. The Morgan fingerprint density at radius 2 is 1.74 bits per heavy atom. The maximum Gasteiger partial charge on any atom is 0.238 e. The molecule has 0 unspecified atom stereocenters. The van der Waals surface area contributed by atoms with Gasteiger partial charge in [0.05, 0.1) is 32.0 Å². The van der Waals surface area contributed by atoms with Gasteiger partial charge in [0.15, 0.2) is 11.5 Å². The Balaban J connectivity index is 1.73. The van der Waals surface area contributed by atoms with E-state index >= 15 is 0 Å². The minimum atomic E-state index is -0.00467. The molecule has 3 aromatic rings. The monoisotopic (exact) mass is 477 g/mol. The van der Waals surface area contributed by atoms with Gasteiger partial charge in [0.25, 0.3) is 0 Å². The third-order valence-corrected chi connectivity index (χ3v) is 6.25.